The van der Waals surface area contributed by atoms with Crippen LogP contribution in [-0.2, 0) is 18.0 Å². The van der Waals surface area contributed by atoms with E-state index in [9.17, 15) is 5.11 Å². The summed E-state index contributed by atoms with van der Waals surface area (Å²) >= 11 is 0. The number of aliphatic hydroxyl groups excluding tert-OH is 1. The van der Waals surface area contributed by atoms with Gasteiger partial charge in [0.2, 0.25) is 0 Å². The molecule has 0 spiro atoms. The van der Waals surface area contributed by atoms with E-state index in [2.05, 4.69) is 58.9 Å². The first-order valence-corrected chi connectivity index (χ1v) is 18.2. The number of rotatable bonds is 6. The molecule has 0 aromatic heterocycles. The lowest BCUT2D eigenvalue weighted by molar-refractivity contribution is -0.240. The summed E-state index contributed by atoms with van der Waals surface area (Å²) in [5.41, 5.74) is 0. The van der Waals surface area contributed by atoms with Crippen LogP contribution in [0.15, 0.2) is 0 Å². The monoisotopic (exact) mass is 366 g/mol. The Balaban J connectivity index is 3.01. The van der Waals surface area contributed by atoms with E-state index in [4.69, 9.17) is 18.0 Å². The molecule has 0 amide bonds. The molecule has 5 nitrogen and oxygen atoms in total. The molecular weight excluding hydrogens is 332 g/mol. The summed E-state index contributed by atoms with van der Waals surface area (Å²) in [5, 5.41) is 10.3. The van der Waals surface area contributed by atoms with Gasteiger partial charge in [0.25, 0.3) is 0 Å². The second kappa shape index (κ2) is 7.14. The quantitative estimate of drug-likeness (QED) is 0.732. The standard InChI is InChI=1S/C14H34O5Si3/c1-20(2,3)17-11-10-16-14(15)13(19-22(7,8)9)12(11)18-21(4,5)6/h11-15H,10H2,1-9H3/t11-,12+,13+,14-/m1/s1. The topological polar surface area (TPSA) is 57.2 Å². The fraction of sp³-hybridized carbons (Fsp3) is 1.00. The van der Waals surface area contributed by atoms with Gasteiger partial charge in [-0.05, 0) is 58.9 Å². The summed E-state index contributed by atoms with van der Waals surface area (Å²) in [6.45, 7) is 19.6. The second-order valence-corrected chi connectivity index (χ2v) is 22.3. The first-order chi connectivity index (χ1) is 9.68. The Bertz CT molecular complexity index is 359. The van der Waals surface area contributed by atoms with E-state index >= 15 is 0 Å². The van der Waals surface area contributed by atoms with Crippen LogP contribution in [-0.4, -0.2) is 61.3 Å². The lowest BCUT2D eigenvalue weighted by Gasteiger charge is -2.46. The molecule has 0 radical (unpaired) electrons. The molecule has 0 saturated carbocycles. The van der Waals surface area contributed by atoms with E-state index in [1.54, 1.807) is 0 Å². The highest BCUT2D eigenvalue weighted by atomic mass is 28.4. The van der Waals surface area contributed by atoms with Gasteiger partial charge in [-0.1, -0.05) is 0 Å². The van der Waals surface area contributed by atoms with Crippen molar-refractivity contribution in [2.45, 2.75) is 83.5 Å². The first kappa shape index (κ1) is 20.5. The lowest BCUT2D eigenvalue weighted by Crippen LogP contribution is -2.61. The molecule has 0 aliphatic carbocycles. The van der Waals surface area contributed by atoms with Crippen LogP contribution in [0.5, 0.6) is 0 Å². The van der Waals surface area contributed by atoms with E-state index in [0.29, 0.717) is 6.61 Å². The van der Waals surface area contributed by atoms with Gasteiger partial charge in [0.05, 0.1) is 12.7 Å². The first-order valence-electron chi connectivity index (χ1n) is 8.01. The van der Waals surface area contributed by atoms with Gasteiger partial charge in [-0.15, -0.1) is 0 Å². The molecule has 0 aromatic carbocycles. The lowest BCUT2D eigenvalue weighted by atomic mass is 10.1. The summed E-state index contributed by atoms with van der Waals surface area (Å²) in [7, 11) is -5.39. The maximum Gasteiger partial charge on any atom is 0.184 e. The minimum Gasteiger partial charge on any atom is -0.410 e. The van der Waals surface area contributed by atoms with Gasteiger partial charge in [-0.25, -0.2) is 0 Å². The molecule has 0 unspecified atom stereocenters. The minimum absolute atomic E-state index is 0.178. The molecule has 1 heterocycles. The molecule has 1 aliphatic heterocycles. The van der Waals surface area contributed by atoms with Crippen molar-refractivity contribution in [3.05, 3.63) is 0 Å². The van der Waals surface area contributed by atoms with E-state index in [0.717, 1.165) is 0 Å². The largest absolute Gasteiger partial charge is 0.410 e. The molecule has 8 heteroatoms. The van der Waals surface area contributed by atoms with Gasteiger partial charge in [0, 0.05) is 0 Å². The number of hydrogen-bond donors (Lipinski definition) is 1. The Hall–Kier alpha value is 0.451. The third-order valence-corrected chi connectivity index (χ3v) is 5.86. The summed E-state index contributed by atoms with van der Waals surface area (Å²) in [6, 6.07) is 0. The highest BCUT2D eigenvalue weighted by molar-refractivity contribution is 6.70. The smallest absolute Gasteiger partial charge is 0.184 e. The fourth-order valence-corrected chi connectivity index (χ4v) is 5.68. The molecule has 1 fully saturated rings. The van der Waals surface area contributed by atoms with Crippen molar-refractivity contribution >= 4 is 25.0 Å². The highest BCUT2D eigenvalue weighted by Gasteiger charge is 2.46. The number of ether oxygens (including phenoxy) is 1. The van der Waals surface area contributed by atoms with Crippen LogP contribution >= 0.6 is 0 Å². The summed E-state index contributed by atoms with van der Waals surface area (Å²) in [4.78, 5) is 0. The van der Waals surface area contributed by atoms with Gasteiger partial charge >= 0.3 is 0 Å². The molecule has 0 bridgehead atoms. The van der Waals surface area contributed by atoms with Gasteiger partial charge < -0.3 is 23.1 Å². The average Bonchev–Trinajstić information content (AvgIpc) is 2.22. The Labute approximate surface area is 138 Å². The van der Waals surface area contributed by atoms with Gasteiger partial charge in [0.15, 0.2) is 31.2 Å². The molecule has 1 aliphatic rings. The highest BCUT2D eigenvalue weighted by Crippen LogP contribution is 2.29. The average molecular weight is 367 g/mol. The third-order valence-electron chi connectivity index (χ3n) is 2.89. The minimum atomic E-state index is -1.84. The molecule has 1 saturated heterocycles. The SMILES string of the molecule is C[Si](C)(C)O[C@@H]1[C@H](O[Si](C)(C)C)[C@H](O)OC[C@H]1O[Si](C)(C)C. The fourth-order valence-electron chi connectivity index (χ4n) is 2.40. The van der Waals surface area contributed by atoms with Crippen LogP contribution in [0.2, 0.25) is 58.9 Å². The Morgan fingerprint density at radius 1 is 0.727 bits per heavy atom. The normalized spacial score (nSPS) is 31.4. The zero-order chi connectivity index (χ0) is 17.3. The third kappa shape index (κ3) is 7.35. The number of hydrogen-bond acceptors (Lipinski definition) is 5. The summed E-state index contributed by atoms with van der Waals surface area (Å²) in [5.74, 6) is 0. The van der Waals surface area contributed by atoms with Crippen molar-refractivity contribution in [3.63, 3.8) is 0 Å². The molecule has 0 aromatic rings. The van der Waals surface area contributed by atoms with Gasteiger partial charge in [-0.2, -0.15) is 0 Å². The second-order valence-electron chi connectivity index (χ2n) is 8.88. The molecule has 1 rings (SSSR count). The van der Waals surface area contributed by atoms with Gasteiger partial charge in [-0.3, -0.25) is 0 Å². The van der Waals surface area contributed by atoms with Crippen molar-refractivity contribution in [1.29, 1.82) is 0 Å². The van der Waals surface area contributed by atoms with Crippen LogP contribution in [0.25, 0.3) is 0 Å². The van der Waals surface area contributed by atoms with E-state index in [1.807, 2.05) is 0 Å². The predicted molar refractivity (Wildman–Crippen MR) is 96.6 cm³/mol. The molecule has 132 valence electrons. The zero-order valence-corrected chi connectivity index (χ0v) is 18.6. The van der Waals surface area contributed by atoms with Crippen LogP contribution in [0, 0.1) is 0 Å². The Morgan fingerprint density at radius 3 is 1.55 bits per heavy atom. The van der Waals surface area contributed by atoms with E-state index < -0.39 is 37.3 Å². The van der Waals surface area contributed by atoms with Crippen LogP contribution in [0.1, 0.15) is 0 Å². The number of aliphatic hydroxyl groups is 1. The Kier molecular flexibility index (Phi) is 6.65. The van der Waals surface area contributed by atoms with Gasteiger partial charge in [0.1, 0.15) is 12.2 Å². The van der Waals surface area contributed by atoms with E-state index in [1.165, 1.54) is 0 Å². The van der Waals surface area contributed by atoms with E-state index in [-0.39, 0.29) is 12.2 Å². The van der Waals surface area contributed by atoms with Crippen molar-refractivity contribution in [3.8, 4) is 0 Å². The maximum absolute atomic E-state index is 10.3. The molecule has 1 N–H and O–H groups in total. The van der Waals surface area contributed by atoms with Crippen LogP contribution < -0.4 is 0 Å². The maximum atomic E-state index is 10.3. The van der Waals surface area contributed by atoms with Crippen molar-refractivity contribution in [2.75, 3.05) is 6.61 Å². The van der Waals surface area contributed by atoms with Crippen LogP contribution in [0.4, 0.5) is 0 Å². The molecular formula is C14H34O5Si3. The molecule has 4 atom stereocenters. The van der Waals surface area contributed by atoms with Crippen LogP contribution in [0.3, 0.4) is 0 Å². The Morgan fingerprint density at radius 2 is 1.14 bits per heavy atom. The van der Waals surface area contributed by atoms with Crippen molar-refractivity contribution < 1.29 is 23.1 Å². The molecule has 22 heavy (non-hydrogen) atoms. The van der Waals surface area contributed by atoms with Crippen molar-refractivity contribution in [1.82, 2.24) is 0 Å². The predicted octanol–water partition coefficient (Wildman–Crippen LogP) is 3.00. The zero-order valence-electron chi connectivity index (χ0n) is 15.6. The van der Waals surface area contributed by atoms with Crippen molar-refractivity contribution in [2.24, 2.45) is 0 Å². The summed E-state index contributed by atoms with van der Waals surface area (Å²) < 4.78 is 24.3. The summed E-state index contributed by atoms with van der Waals surface area (Å²) in [6.07, 6.45) is -1.87.